The summed E-state index contributed by atoms with van der Waals surface area (Å²) in [5.41, 5.74) is -0.547. The molecule has 114 valence electrons. The maximum atomic E-state index is 13.1. The molecule has 0 unspecified atom stereocenters. The number of benzene rings is 2. The molecule has 0 atom stereocenters. The van der Waals surface area contributed by atoms with Crippen molar-refractivity contribution in [1.82, 2.24) is 0 Å². The highest BCUT2D eigenvalue weighted by Crippen LogP contribution is 2.25. The Morgan fingerprint density at radius 1 is 1.18 bits per heavy atom. The minimum absolute atomic E-state index is 0.0972. The second-order valence-electron chi connectivity index (χ2n) is 4.25. The lowest BCUT2D eigenvalue weighted by molar-refractivity contribution is -0.384. The van der Waals surface area contributed by atoms with Crippen LogP contribution in [0.2, 0.25) is 0 Å². The van der Waals surface area contributed by atoms with E-state index in [1.165, 1.54) is 19.2 Å². The first-order valence-corrected chi connectivity index (χ1v) is 6.00. The molecule has 8 heteroatoms. The number of rotatable bonds is 4. The van der Waals surface area contributed by atoms with E-state index in [-0.39, 0.29) is 22.7 Å². The number of methoxy groups -OCH3 is 1. The Hall–Kier alpha value is -3.03. The van der Waals surface area contributed by atoms with Crippen LogP contribution in [0.25, 0.3) is 0 Å². The number of nitro groups is 1. The molecule has 0 fully saturated rings. The van der Waals surface area contributed by atoms with Gasteiger partial charge < -0.3 is 10.1 Å². The number of anilines is 1. The van der Waals surface area contributed by atoms with E-state index in [4.69, 9.17) is 4.74 Å². The fourth-order valence-corrected chi connectivity index (χ4v) is 1.81. The van der Waals surface area contributed by atoms with E-state index in [0.717, 1.165) is 18.2 Å². The molecule has 6 nitrogen and oxygen atoms in total. The van der Waals surface area contributed by atoms with Gasteiger partial charge in [0, 0.05) is 23.9 Å². The number of non-ortho nitro benzene ring substituents is 1. The number of hydrogen-bond donors (Lipinski definition) is 1. The number of nitrogens with one attached hydrogen (secondary N) is 1. The Morgan fingerprint density at radius 2 is 1.82 bits per heavy atom. The lowest BCUT2D eigenvalue weighted by atomic mass is 10.1. The van der Waals surface area contributed by atoms with Crippen molar-refractivity contribution in [2.45, 2.75) is 0 Å². The maximum Gasteiger partial charge on any atom is 0.270 e. The minimum atomic E-state index is -0.860. The monoisotopic (exact) mass is 308 g/mol. The second kappa shape index (κ2) is 6.17. The zero-order valence-corrected chi connectivity index (χ0v) is 11.3. The number of nitrogens with zero attached hydrogens (tertiary/aromatic N) is 1. The molecule has 2 aromatic carbocycles. The molecule has 0 aliphatic rings. The van der Waals surface area contributed by atoms with Gasteiger partial charge in [-0.2, -0.15) is 0 Å². The van der Waals surface area contributed by atoms with Crippen LogP contribution in [0.4, 0.5) is 20.2 Å². The number of amides is 1. The summed E-state index contributed by atoms with van der Waals surface area (Å²) in [6.45, 7) is 0. The highest BCUT2D eigenvalue weighted by Gasteiger charge is 2.18. The molecule has 0 aliphatic carbocycles. The third kappa shape index (κ3) is 3.35. The maximum absolute atomic E-state index is 13.1. The Bertz CT molecular complexity index is 729. The van der Waals surface area contributed by atoms with Gasteiger partial charge in [-0.05, 0) is 18.2 Å². The Morgan fingerprint density at radius 3 is 2.36 bits per heavy atom. The quantitative estimate of drug-likeness (QED) is 0.695. The summed E-state index contributed by atoms with van der Waals surface area (Å²) in [6, 6.07) is 5.96. The Kier molecular flexibility index (Phi) is 4.31. The van der Waals surface area contributed by atoms with Crippen LogP contribution in [0.5, 0.6) is 5.75 Å². The molecule has 0 aliphatic heterocycles. The first-order valence-electron chi connectivity index (χ1n) is 6.00. The summed E-state index contributed by atoms with van der Waals surface area (Å²) in [5, 5.41) is 13.0. The second-order valence-corrected chi connectivity index (χ2v) is 4.25. The van der Waals surface area contributed by atoms with Crippen LogP contribution < -0.4 is 10.1 Å². The lowest BCUT2D eigenvalue weighted by Crippen LogP contribution is -2.14. The van der Waals surface area contributed by atoms with Crippen LogP contribution in [-0.2, 0) is 0 Å². The molecule has 1 N–H and O–H groups in total. The van der Waals surface area contributed by atoms with Crippen LogP contribution in [0.3, 0.4) is 0 Å². The van der Waals surface area contributed by atoms with Crippen LogP contribution in [-0.4, -0.2) is 17.9 Å². The molecule has 2 rings (SSSR count). The minimum Gasteiger partial charge on any atom is -0.496 e. The van der Waals surface area contributed by atoms with Crippen molar-refractivity contribution in [2.75, 3.05) is 12.4 Å². The fraction of sp³-hybridized carbons (Fsp3) is 0.0714. The number of ether oxygens (including phenoxy) is 1. The molecule has 0 saturated heterocycles. The zero-order chi connectivity index (χ0) is 16.3. The number of hydrogen-bond acceptors (Lipinski definition) is 4. The van der Waals surface area contributed by atoms with Gasteiger partial charge in [-0.25, -0.2) is 8.78 Å². The lowest BCUT2D eigenvalue weighted by Gasteiger charge is -2.09. The molecule has 0 bridgehead atoms. The third-order valence-corrected chi connectivity index (χ3v) is 2.76. The topological polar surface area (TPSA) is 81.5 Å². The van der Waals surface area contributed by atoms with E-state index >= 15 is 0 Å². The molecule has 0 aromatic heterocycles. The SMILES string of the molecule is COc1ccc([N+](=O)[O-])cc1C(=O)Nc1cc(F)cc(F)c1. The summed E-state index contributed by atoms with van der Waals surface area (Å²) < 4.78 is 31.1. The summed E-state index contributed by atoms with van der Waals surface area (Å²) in [6.07, 6.45) is 0. The highest BCUT2D eigenvalue weighted by molar-refractivity contribution is 6.06. The van der Waals surface area contributed by atoms with Gasteiger partial charge in [0.25, 0.3) is 11.6 Å². The standard InChI is InChI=1S/C14H10F2N2O4/c1-22-13-3-2-11(18(20)21)7-12(13)14(19)17-10-5-8(15)4-9(16)6-10/h2-7H,1H3,(H,17,19). The Labute approximate surface area is 123 Å². The van der Waals surface area contributed by atoms with E-state index in [1.54, 1.807) is 0 Å². The predicted molar refractivity (Wildman–Crippen MR) is 74.0 cm³/mol. The van der Waals surface area contributed by atoms with Crippen LogP contribution in [0.1, 0.15) is 10.4 Å². The van der Waals surface area contributed by atoms with Gasteiger partial charge in [-0.1, -0.05) is 0 Å². The average molecular weight is 308 g/mol. The van der Waals surface area contributed by atoms with E-state index in [9.17, 15) is 23.7 Å². The molecule has 1 amide bonds. The van der Waals surface area contributed by atoms with Gasteiger partial charge in [0.15, 0.2) is 0 Å². The third-order valence-electron chi connectivity index (χ3n) is 2.76. The highest BCUT2D eigenvalue weighted by atomic mass is 19.1. The number of carbonyl (C=O) groups excluding carboxylic acids is 1. The predicted octanol–water partition coefficient (Wildman–Crippen LogP) is 3.13. The van der Waals surface area contributed by atoms with Crippen LogP contribution in [0, 0.1) is 21.7 Å². The van der Waals surface area contributed by atoms with Gasteiger partial charge in [0.1, 0.15) is 17.4 Å². The normalized spacial score (nSPS) is 10.1. The van der Waals surface area contributed by atoms with Gasteiger partial charge in [0.05, 0.1) is 17.6 Å². The van der Waals surface area contributed by atoms with Crippen LogP contribution in [0.15, 0.2) is 36.4 Å². The molecular weight excluding hydrogens is 298 g/mol. The Balaban J connectivity index is 2.35. The van der Waals surface area contributed by atoms with Crippen LogP contribution >= 0.6 is 0 Å². The molecule has 2 aromatic rings. The average Bonchev–Trinajstić information content (AvgIpc) is 2.45. The molecular formula is C14H10F2N2O4. The van der Waals surface area contributed by atoms with Crippen molar-refractivity contribution < 1.29 is 23.2 Å². The van der Waals surface area contributed by atoms with Crippen molar-refractivity contribution in [1.29, 1.82) is 0 Å². The number of halogens is 2. The van der Waals surface area contributed by atoms with Crippen molar-refractivity contribution in [3.05, 3.63) is 63.7 Å². The molecule has 0 spiro atoms. The first-order chi connectivity index (χ1) is 10.4. The fourth-order valence-electron chi connectivity index (χ4n) is 1.81. The van der Waals surface area contributed by atoms with Gasteiger partial charge in [0.2, 0.25) is 0 Å². The smallest absolute Gasteiger partial charge is 0.270 e. The van der Waals surface area contributed by atoms with E-state index < -0.39 is 22.5 Å². The van der Waals surface area contributed by atoms with Crippen molar-refractivity contribution in [3.8, 4) is 5.75 Å². The number of nitro benzene ring substituents is 1. The van der Waals surface area contributed by atoms with E-state index in [0.29, 0.717) is 6.07 Å². The van der Waals surface area contributed by atoms with E-state index in [2.05, 4.69) is 5.32 Å². The molecule has 0 radical (unpaired) electrons. The van der Waals surface area contributed by atoms with Gasteiger partial charge in [-0.3, -0.25) is 14.9 Å². The largest absolute Gasteiger partial charge is 0.496 e. The van der Waals surface area contributed by atoms with Crippen molar-refractivity contribution in [2.24, 2.45) is 0 Å². The molecule has 0 saturated carbocycles. The zero-order valence-electron chi connectivity index (χ0n) is 11.3. The summed E-state index contributed by atoms with van der Waals surface area (Å²) in [4.78, 5) is 22.2. The molecule has 0 heterocycles. The van der Waals surface area contributed by atoms with Crippen molar-refractivity contribution in [3.63, 3.8) is 0 Å². The summed E-state index contributed by atoms with van der Waals surface area (Å²) >= 11 is 0. The number of carbonyl (C=O) groups is 1. The van der Waals surface area contributed by atoms with Crippen molar-refractivity contribution >= 4 is 17.3 Å². The summed E-state index contributed by atoms with van der Waals surface area (Å²) in [5.74, 6) is -2.41. The summed E-state index contributed by atoms with van der Waals surface area (Å²) in [7, 11) is 1.29. The first kappa shape index (κ1) is 15.4. The van der Waals surface area contributed by atoms with E-state index in [1.807, 2.05) is 0 Å². The van der Waals surface area contributed by atoms with Gasteiger partial charge >= 0.3 is 0 Å². The molecule has 22 heavy (non-hydrogen) atoms. The van der Waals surface area contributed by atoms with Gasteiger partial charge in [-0.15, -0.1) is 0 Å².